The number of nitrogens with one attached hydrogen (secondary N) is 1. The number of nitrogens with two attached hydrogens (primary N) is 1. The van der Waals surface area contributed by atoms with Gasteiger partial charge in [0.1, 0.15) is 5.75 Å². The summed E-state index contributed by atoms with van der Waals surface area (Å²) in [5.41, 5.74) is 4.82. The number of carbonyl (C=O) groups is 2. The molecule has 7 heteroatoms. The van der Waals surface area contributed by atoms with Crippen molar-refractivity contribution in [2.24, 2.45) is 5.73 Å². The largest absolute Gasteiger partial charge is 0.479 e. The summed E-state index contributed by atoms with van der Waals surface area (Å²) < 4.78 is 6.07. The topological polar surface area (TPSA) is 81.4 Å². The van der Waals surface area contributed by atoms with Gasteiger partial charge in [0.05, 0.1) is 5.02 Å². The summed E-state index contributed by atoms with van der Waals surface area (Å²) in [5, 5.41) is 2.28. The van der Waals surface area contributed by atoms with E-state index in [1.165, 1.54) is 6.92 Å². The molecule has 0 heterocycles. The second-order valence-corrected chi connectivity index (χ2v) is 4.51. The molecule has 1 atom stereocenters. The minimum Gasteiger partial charge on any atom is -0.479 e. The molecule has 3 N–H and O–H groups in total. The van der Waals surface area contributed by atoms with E-state index >= 15 is 0 Å². The molecular formula is C10H10BrClN2O3. The van der Waals surface area contributed by atoms with Crippen molar-refractivity contribution in [1.29, 1.82) is 0 Å². The fourth-order valence-corrected chi connectivity index (χ4v) is 1.54. The van der Waals surface area contributed by atoms with Crippen LogP contribution in [-0.4, -0.2) is 18.0 Å². The predicted molar refractivity (Wildman–Crippen MR) is 67.0 cm³/mol. The van der Waals surface area contributed by atoms with Crippen LogP contribution in [0, 0.1) is 0 Å². The van der Waals surface area contributed by atoms with E-state index in [9.17, 15) is 9.59 Å². The van der Waals surface area contributed by atoms with Gasteiger partial charge < -0.3 is 10.5 Å². The van der Waals surface area contributed by atoms with E-state index in [1.54, 1.807) is 18.2 Å². The van der Waals surface area contributed by atoms with Gasteiger partial charge in [0.2, 0.25) is 0 Å². The normalized spacial score (nSPS) is 11.7. The number of primary amides is 1. The third kappa shape index (κ3) is 4.24. The van der Waals surface area contributed by atoms with Crippen molar-refractivity contribution in [3.8, 4) is 5.75 Å². The molecule has 0 aliphatic carbocycles. The van der Waals surface area contributed by atoms with E-state index in [0.717, 1.165) is 4.47 Å². The van der Waals surface area contributed by atoms with Crippen molar-refractivity contribution in [3.05, 3.63) is 27.7 Å². The molecule has 0 aromatic heterocycles. The Morgan fingerprint density at radius 1 is 1.53 bits per heavy atom. The average molecular weight is 322 g/mol. The number of hydrogen-bond donors (Lipinski definition) is 2. The van der Waals surface area contributed by atoms with Crippen LogP contribution in [0.25, 0.3) is 0 Å². The molecule has 0 saturated heterocycles. The third-order valence-corrected chi connectivity index (χ3v) is 2.62. The zero-order valence-electron chi connectivity index (χ0n) is 8.87. The molecule has 0 bridgehead atoms. The number of halogens is 2. The fourth-order valence-electron chi connectivity index (χ4n) is 1.03. The molecule has 0 fully saturated rings. The second kappa shape index (κ2) is 5.88. The van der Waals surface area contributed by atoms with E-state index in [4.69, 9.17) is 22.1 Å². The lowest BCUT2D eigenvalue weighted by Gasteiger charge is -2.14. The van der Waals surface area contributed by atoms with Gasteiger partial charge in [-0.2, -0.15) is 0 Å². The standard InChI is InChI=1S/C10H10BrClN2O3/c1-5(9(15)14-10(13)16)17-8-4-6(11)2-3-7(8)12/h2-5H,1H3,(H3,13,14,15,16). The first-order valence-corrected chi connectivity index (χ1v) is 5.79. The van der Waals surface area contributed by atoms with Crippen LogP contribution >= 0.6 is 27.5 Å². The van der Waals surface area contributed by atoms with E-state index in [0.29, 0.717) is 10.8 Å². The summed E-state index contributed by atoms with van der Waals surface area (Å²) in [7, 11) is 0. The van der Waals surface area contributed by atoms with Crippen molar-refractivity contribution >= 4 is 39.5 Å². The SMILES string of the molecule is CC(Oc1cc(Br)ccc1Cl)C(=O)NC(N)=O. The fraction of sp³-hybridized carbons (Fsp3) is 0.200. The first-order chi connectivity index (χ1) is 7.90. The lowest BCUT2D eigenvalue weighted by molar-refractivity contribution is -0.126. The van der Waals surface area contributed by atoms with Crippen molar-refractivity contribution in [3.63, 3.8) is 0 Å². The van der Waals surface area contributed by atoms with Crippen LogP contribution in [0.3, 0.4) is 0 Å². The summed E-state index contributed by atoms with van der Waals surface area (Å²) in [6, 6.07) is 4.06. The molecule has 0 aliphatic rings. The van der Waals surface area contributed by atoms with Gasteiger partial charge in [-0.25, -0.2) is 4.79 Å². The van der Waals surface area contributed by atoms with Gasteiger partial charge in [-0.1, -0.05) is 27.5 Å². The Hall–Kier alpha value is -1.27. The van der Waals surface area contributed by atoms with Crippen LogP contribution in [-0.2, 0) is 4.79 Å². The Bertz CT molecular complexity index is 453. The van der Waals surface area contributed by atoms with Gasteiger partial charge in [-0.05, 0) is 25.1 Å². The third-order valence-electron chi connectivity index (χ3n) is 1.81. The number of urea groups is 1. The molecule has 5 nitrogen and oxygen atoms in total. The van der Waals surface area contributed by atoms with E-state index < -0.39 is 18.0 Å². The maximum absolute atomic E-state index is 11.4. The second-order valence-electron chi connectivity index (χ2n) is 3.19. The summed E-state index contributed by atoms with van der Waals surface area (Å²) in [6.45, 7) is 1.48. The van der Waals surface area contributed by atoms with Crippen molar-refractivity contribution in [2.75, 3.05) is 0 Å². The van der Waals surface area contributed by atoms with E-state index in [1.807, 2.05) is 5.32 Å². The molecule has 0 aliphatic heterocycles. The molecule has 0 spiro atoms. The van der Waals surface area contributed by atoms with Gasteiger partial charge >= 0.3 is 6.03 Å². The summed E-state index contributed by atoms with van der Waals surface area (Å²) in [4.78, 5) is 21.9. The molecule has 92 valence electrons. The zero-order valence-corrected chi connectivity index (χ0v) is 11.2. The Kier molecular flexibility index (Phi) is 4.77. The molecule has 0 radical (unpaired) electrons. The minimum atomic E-state index is -0.925. The number of ether oxygens (including phenoxy) is 1. The van der Waals surface area contributed by atoms with Crippen molar-refractivity contribution in [2.45, 2.75) is 13.0 Å². The number of hydrogen-bond acceptors (Lipinski definition) is 3. The van der Waals surface area contributed by atoms with E-state index in [-0.39, 0.29) is 0 Å². The van der Waals surface area contributed by atoms with Crippen LogP contribution < -0.4 is 15.8 Å². The van der Waals surface area contributed by atoms with Crippen LogP contribution in [0.15, 0.2) is 22.7 Å². The van der Waals surface area contributed by atoms with Gasteiger partial charge in [-0.3, -0.25) is 10.1 Å². The van der Waals surface area contributed by atoms with Crippen LogP contribution in [0.5, 0.6) is 5.75 Å². The highest BCUT2D eigenvalue weighted by Gasteiger charge is 2.17. The number of imide groups is 1. The zero-order chi connectivity index (χ0) is 13.0. The van der Waals surface area contributed by atoms with Gasteiger partial charge in [0, 0.05) is 4.47 Å². The lowest BCUT2D eigenvalue weighted by atomic mass is 10.3. The molecular weight excluding hydrogens is 311 g/mol. The highest BCUT2D eigenvalue weighted by molar-refractivity contribution is 9.10. The Morgan fingerprint density at radius 3 is 2.76 bits per heavy atom. The number of amides is 3. The van der Waals surface area contributed by atoms with Gasteiger partial charge in [-0.15, -0.1) is 0 Å². The van der Waals surface area contributed by atoms with E-state index in [2.05, 4.69) is 15.9 Å². The Morgan fingerprint density at radius 2 is 2.18 bits per heavy atom. The highest BCUT2D eigenvalue weighted by Crippen LogP contribution is 2.28. The summed E-state index contributed by atoms with van der Waals surface area (Å²) in [5.74, 6) is -0.290. The summed E-state index contributed by atoms with van der Waals surface area (Å²) in [6.07, 6.45) is -0.880. The first-order valence-electron chi connectivity index (χ1n) is 4.62. The number of carbonyl (C=O) groups excluding carboxylic acids is 2. The molecule has 3 amide bonds. The molecule has 1 unspecified atom stereocenters. The van der Waals surface area contributed by atoms with Gasteiger partial charge in [0.15, 0.2) is 6.10 Å². The average Bonchev–Trinajstić information content (AvgIpc) is 2.22. The minimum absolute atomic E-state index is 0.341. The predicted octanol–water partition coefficient (Wildman–Crippen LogP) is 2.06. The molecule has 1 rings (SSSR count). The summed E-state index contributed by atoms with van der Waals surface area (Å²) >= 11 is 9.13. The monoisotopic (exact) mass is 320 g/mol. The van der Waals surface area contributed by atoms with Crippen molar-refractivity contribution in [1.82, 2.24) is 5.32 Å². The highest BCUT2D eigenvalue weighted by atomic mass is 79.9. The van der Waals surface area contributed by atoms with Crippen LogP contribution in [0.2, 0.25) is 5.02 Å². The maximum atomic E-state index is 11.4. The van der Waals surface area contributed by atoms with Crippen molar-refractivity contribution < 1.29 is 14.3 Å². The maximum Gasteiger partial charge on any atom is 0.318 e. The van der Waals surface area contributed by atoms with Crippen LogP contribution in [0.1, 0.15) is 6.92 Å². The Labute approximate surface area is 111 Å². The first kappa shape index (κ1) is 13.8. The molecule has 0 saturated carbocycles. The molecule has 1 aromatic carbocycles. The Balaban J connectivity index is 2.73. The van der Waals surface area contributed by atoms with Crippen LogP contribution in [0.4, 0.5) is 4.79 Å². The number of benzene rings is 1. The quantitative estimate of drug-likeness (QED) is 0.894. The van der Waals surface area contributed by atoms with Gasteiger partial charge in [0.25, 0.3) is 5.91 Å². The molecule has 1 aromatic rings. The smallest absolute Gasteiger partial charge is 0.318 e. The lowest BCUT2D eigenvalue weighted by Crippen LogP contribution is -2.42. The number of rotatable bonds is 3. The molecule has 17 heavy (non-hydrogen) atoms.